The second-order valence-electron chi connectivity index (χ2n) is 5.55. The molecule has 0 aromatic rings. The summed E-state index contributed by atoms with van der Waals surface area (Å²) in [5.41, 5.74) is 0. The molecule has 0 N–H and O–H groups in total. The summed E-state index contributed by atoms with van der Waals surface area (Å²) in [6.07, 6.45) is 10.9. The van der Waals surface area contributed by atoms with Crippen LogP contribution in [-0.2, 0) is 0 Å². The fourth-order valence-corrected chi connectivity index (χ4v) is 4.07. The SMILES string of the molecule is CC[C@@H]1C[C@H]2CCCCN2[C@H]2CCCN12. The molecule has 0 aliphatic carbocycles. The summed E-state index contributed by atoms with van der Waals surface area (Å²) in [5, 5.41) is 0. The van der Waals surface area contributed by atoms with Crippen LogP contribution in [0.3, 0.4) is 0 Å². The maximum absolute atomic E-state index is 2.84. The number of fused-ring (bicyclic) bond motifs is 3. The molecule has 3 saturated heterocycles. The molecule has 86 valence electrons. The van der Waals surface area contributed by atoms with Crippen molar-refractivity contribution in [1.29, 1.82) is 0 Å². The third-order valence-corrected chi connectivity index (χ3v) is 4.80. The van der Waals surface area contributed by atoms with Crippen molar-refractivity contribution < 1.29 is 0 Å². The first kappa shape index (κ1) is 10.1. The molecule has 3 fully saturated rings. The highest BCUT2D eigenvalue weighted by atomic mass is 15.4. The number of piperidine rings is 1. The fourth-order valence-electron chi connectivity index (χ4n) is 4.07. The Morgan fingerprint density at radius 3 is 2.73 bits per heavy atom. The quantitative estimate of drug-likeness (QED) is 0.653. The summed E-state index contributed by atoms with van der Waals surface area (Å²) in [7, 11) is 0. The van der Waals surface area contributed by atoms with Gasteiger partial charge in [0.15, 0.2) is 0 Å². The Bertz CT molecular complexity index is 229. The highest BCUT2D eigenvalue weighted by Gasteiger charge is 2.42. The lowest BCUT2D eigenvalue weighted by Gasteiger charge is -2.51. The van der Waals surface area contributed by atoms with Gasteiger partial charge < -0.3 is 0 Å². The predicted octanol–water partition coefficient (Wildman–Crippen LogP) is 2.45. The second kappa shape index (κ2) is 4.06. The van der Waals surface area contributed by atoms with Crippen molar-refractivity contribution in [3.63, 3.8) is 0 Å². The van der Waals surface area contributed by atoms with Gasteiger partial charge in [0.2, 0.25) is 0 Å². The summed E-state index contributed by atoms with van der Waals surface area (Å²) in [6.45, 7) is 5.12. The van der Waals surface area contributed by atoms with E-state index < -0.39 is 0 Å². The molecule has 0 radical (unpaired) electrons. The largest absolute Gasteiger partial charge is 0.285 e. The van der Waals surface area contributed by atoms with E-state index in [0.29, 0.717) is 0 Å². The first-order valence-corrected chi connectivity index (χ1v) is 6.91. The molecular weight excluding hydrogens is 184 g/mol. The lowest BCUT2D eigenvalue weighted by molar-refractivity contribution is -0.0595. The Morgan fingerprint density at radius 1 is 1.00 bits per heavy atom. The number of rotatable bonds is 1. The van der Waals surface area contributed by atoms with Gasteiger partial charge >= 0.3 is 0 Å². The van der Waals surface area contributed by atoms with Crippen LogP contribution in [0.15, 0.2) is 0 Å². The zero-order valence-corrected chi connectivity index (χ0v) is 9.99. The van der Waals surface area contributed by atoms with Crippen LogP contribution in [-0.4, -0.2) is 41.1 Å². The maximum atomic E-state index is 2.84. The first-order valence-electron chi connectivity index (χ1n) is 6.91. The molecule has 0 amide bonds. The van der Waals surface area contributed by atoms with Crippen LogP contribution < -0.4 is 0 Å². The van der Waals surface area contributed by atoms with Crippen molar-refractivity contribution in [2.75, 3.05) is 13.1 Å². The molecule has 0 bridgehead atoms. The van der Waals surface area contributed by atoms with Gasteiger partial charge in [-0.1, -0.05) is 13.3 Å². The molecule has 0 saturated carbocycles. The van der Waals surface area contributed by atoms with E-state index in [1.165, 1.54) is 58.0 Å². The monoisotopic (exact) mass is 208 g/mol. The highest BCUT2D eigenvalue weighted by Crippen LogP contribution is 2.37. The topological polar surface area (TPSA) is 6.48 Å². The first-order chi connectivity index (χ1) is 7.40. The molecule has 3 heterocycles. The Morgan fingerprint density at radius 2 is 1.87 bits per heavy atom. The average Bonchev–Trinajstić information content (AvgIpc) is 2.77. The van der Waals surface area contributed by atoms with E-state index in [0.717, 1.165) is 18.2 Å². The summed E-state index contributed by atoms with van der Waals surface area (Å²) >= 11 is 0. The van der Waals surface area contributed by atoms with Gasteiger partial charge in [0, 0.05) is 18.6 Å². The van der Waals surface area contributed by atoms with Crippen molar-refractivity contribution in [1.82, 2.24) is 9.80 Å². The van der Waals surface area contributed by atoms with Crippen molar-refractivity contribution >= 4 is 0 Å². The average molecular weight is 208 g/mol. The van der Waals surface area contributed by atoms with E-state index in [4.69, 9.17) is 0 Å². The van der Waals surface area contributed by atoms with Crippen LogP contribution >= 0.6 is 0 Å². The molecule has 3 aliphatic rings. The molecule has 0 spiro atoms. The van der Waals surface area contributed by atoms with Crippen LogP contribution in [0.5, 0.6) is 0 Å². The summed E-state index contributed by atoms with van der Waals surface area (Å²) in [4.78, 5) is 5.64. The minimum atomic E-state index is 0.828. The van der Waals surface area contributed by atoms with E-state index in [1.54, 1.807) is 0 Å². The molecule has 2 nitrogen and oxygen atoms in total. The van der Waals surface area contributed by atoms with Gasteiger partial charge in [0.25, 0.3) is 0 Å². The smallest absolute Gasteiger partial charge is 0.0627 e. The Balaban J connectivity index is 1.79. The molecule has 0 unspecified atom stereocenters. The molecule has 0 aromatic carbocycles. The van der Waals surface area contributed by atoms with E-state index in [9.17, 15) is 0 Å². The fraction of sp³-hybridized carbons (Fsp3) is 1.00. The lowest BCUT2D eigenvalue weighted by Crippen LogP contribution is -2.60. The van der Waals surface area contributed by atoms with Crippen LogP contribution in [0.1, 0.15) is 51.9 Å². The van der Waals surface area contributed by atoms with E-state index in [2.05, 4.69) is 16.7 Å². The summed E-state index contributed by atoms with van der Waals surface area (Å²) in [6, 6.07) is 1.83. The standard InChI is InChI=1S/C13H24N2/c1-2-11-10-12-6-3-4-8-15(12)13-7-5-9-14(11)13/h11-13H,2-10H2,1H3/t11-,12-,13+/m1/s1. The van der Waals surface area contributed by atoms with Gasteiger partial charge in [-0.2, -0.15) is 0 Å². The Labute approximate surface area is 93.6 Å². The van der Waals surface area contributed by atoms with Gasteiger partial charge in [-0.3, -0.25) is 9.80 Å². The molecular formula is C13H24N2. The van der Waals surface area contributed by atoms with E-state index >= 15 is 0 Å². The molecule has 0 aromatic heterocycles. The van der Waals surface area contributed by atoms with Crippen molar-refractivity contribution in [3.8, 4) is 0 Å². The van der Waals surface area contributed by atoms with E-state index in [-0.39, 0.29) is 0 Å². The maximum Gasteiger partial charge on any atom is 0.0627 e. The molecule has 3 atom stereocenters. The highest BCUT2D eigenvalue weighted by molar-refractivity contribution is 4.96. The third-order valence-electron chi connectivity index (χ3n) is 4.80. The Hall–Kier alpha value is -0.0800. The van der Waals surface area contributed by atoms with Crippen molar-refractivity contribution in [2.45, 2.75) is 70.1 Å². The van der Waals surface area contributed by atoms with Crippen LogP contribution in [0.25, 0.3) is 0 Å². The molecule has 3 rings (SSSR count). The molecule has 2 heteroatoms. The van der Waals surface area contributed by atoms with Crippen LogP contribution in [0.4, 0.5) is 0 Å². The second-order valence-corrected chi connectivity index (χ2v) is 5.55. The van der Waals surface area contributed by atoms with Gasteiger partial charge in [-0.15, -0.1) is 0 Å². The zero-order chi connectivity index (χ0) is 10.3. The molecule has 15 heavy (non-hydrogen) atoms. The number of nitrogens with zero attached hydrogens (tertiary/aromatic N) is 2. The minimum Gasteiger partial charge on any atom is -0.285 e. The normalized spacial score (nSPS) is 42.6. The number of hydrogen-bond acceptors (Lipinski definition) is 2. The van der Waals surface area contributed by atoms with Crippen LogP contribution in [0.2, 0.25) is 0 Å². The van der Waals surface area contributed by atoms with Gasteiger partial charge in [0.05, 0.1) is 6.17 Å². The summed E-state index contributed by atoms with van der Waals surface area (Å²) < 4.78 is 0. The third kappa shape index (κ3) is 1.62. The minimum absolute atomic E-state index is 0.828. The zero-order valence-electron chi connectivity index (χ0n) is 9.99. The van der Waals surface area contributed by atoms with Gasteiger partial charge in [0.1, 0.15) is 0 Å². The number of hydrogen-bond donors (Lipinski definition) is 0. The van der Waals surface area contributed by atoms with Gasteiger partial charge in [-0.25, -0.2) is 0 Å². The Kier molecular flexibility index (Phi) is 2.73. The van der Waals surface area contributed by atoms with Crippen molar-refractivity contribution in [2.24, 2.45) is 0 Å². The van der Waals surface area contributed by atoms with E-state index in [1.807, 2.05) is 0 Å². The van der Waals surface area contributed by atoms with Crippen LogP contribution in [0, 0.1) is 0 Å². The lowest BCUT2D eigenvalue weighted by atomic mass is 9.90. The van der Waals surface area contributed by atoms with Gasteiger partial charge in [-0.05, 0) is 45.1 Å². The predicted molar refractivity (Wildman–Crippen MR) is 62.8 cm³/mol. The summed E-state index contributed by atoms with van der Waals surface area (Å²) in [5.74, 6) is 0. The van der Waals surface area contributed by atoms with Crippen molar-refractivity contribution in [3.05, 3.63) is 0 Å². The molecule has 3 aliphatic heterocycles.